The van der Waals surface area contributed by atoms with E-state index in [4.69, 9.17) is 4.99 Å². The van der Waals surface area contributed by atoms with E-state index in [-0.39, 0.29) is 10.8 Å². The first kappa shape index (κ1) is 25.0. The molecule has 0 aromatic rings. The smallest absolute Gasteiger partial charge is 0.0394 e. The minimum Gasteiger partial charge on any atom is -0.389 e. The van der Waals surface area contributed by atoms with Crippen molar-refractivity contribution in [2.75, 3.05) is 13.1 Å². The Hall–Kier alpha value is -1.05. The van der Waals surface area contributed by atoms with Crippen LogP contribution in [0.2, 0.25) is 0 Å². The van der Waals surface area contributed by atoms with Crippen LogP contribution < -0.4 is 5.32 Å². The molecule has 28 heavy (non-hydrogen) atoms. The fourth-order valence-electron chi connectivity index (χ4n) is 3.64. The van der Waals surface area contributed by atoms with Crippen molar-refractivity contribution >= 4 is 5.71 Å². The fourth-order valence-corrected chi connectivity index (χ4v) is 3.64. The number of nitrogens with one attached hydrogen (secondary N) is 1. The lowest BCUT2D eigenvalue weighted by molar-refractivity contribution is 0.384. The van der Waals surface area contributed by atoms with Crippen LogP contribution >= 0.6 is 0 Å². The maximum atomic E-state index is 5.05. The molecule has 162 valence electrons. The quantitative estimate of drug-likeness (QED) is 0.334. The van der Waals surface area contributed by atoms with Crippen LogP contribution in [0, 0.1) is 16.2 Å². The zero-order chi connectivity index (χ0) is 21.3. The highest BCUT2D eigenvalue weighted by atomic mass is 14.9. The molecule has 1 N–H and O–H groups in total. The fraction of sp³-hybridized carbons (Fsp3) is 0.808. The van der Waals surface area contributed by atoms with Crippen LogP contribution in [0.25, 0.3) is 0 Å². The van der Waals surface area contributed by atoms with Crippen molar-refractivity contribution in [2.24, 2.45) is 21.2 Å². The predicted octanol–water partition coefficient (Wildman–Crippen LogP) is 7.71. The number of hydrogen-bond donors (Lipinski definition) is 1. The van der Waals surface area contributed by atoms with E-state index in [2.05, 4.69) is 78.9 Å². The van der Waals surface area contributed by atoms with E-state index in [9.17, 15) is 0 Å². The highest BCUT2D eigenvalue weighted by Gasteiger charge is 2.23. The van der Waals surface area contributed by atoms with Gasteiger partial charge in [-0.2, -0.15) is 0 Å². The van der Waals surface area contributed by atoms with Crippen LogP contribution in [0.5, 0.6) is 0 Å². The summed E-state index contributed by atoms with van der Waals surface area (Å²) in [6.45, 7) is 20.5. The molecule has 0 amide bonds. The Bertz CT molecular complexity index is 531. The molecular formula is C26H48N2. The zero-order valence-corrected chi connectivity index (χ0v) is 20.3. The van der Waals surface area contributed by atoms with E-state index >= 15 is 0 Å². The lowest BCUT2D eigenvalue weighted by Crippen LogP contribution is -2.24. The molecule has 0 saturated carbocycles. The van der Waals surface area contributed by atoms with Crippen LogP contribution in [-0.4, -0.2) is 18.8 Å². The largest absolute Gasteiger partial charge is 0.389 e. The van der Waals surface area contributed by atoms with Crippen molar-refractivity contribution in [2.45, 2.75) is 107 Å². The second kappa shape index (κ2) is 11.2. The standard InChI is InChI=1S/C26H48N2/c1-9-14-23(28-20-18-24(2,3)4)26(7,8)17-16-25(5,6)21-22-15-12-10-11-13-19-27-22/h16-17,21,27H,9-15,18-20H2,1-8H3/b17-16+,22-21+,28-23?. The van der Waals surface area contributed by atoms with Crippen LogP contribution in [0.15, 0.2) is 28.9 Å². The van der Waals surface area contributed by atoms with Crippen molar-refractivity contribution in [1.82, 2.24) is 5.32 Å². The Morgan fingerprint density at radius 2 is 1.64 bits per heavy atom. The maximum absolute atomic E-state index is 5.05. The number of hydrogen-bond acceptors (Lipinski definition) is 2. The summed E-state index contributed by atoms with van der Waals surface area (Å²) in [4.78, 5) is 5.05. The van der Waals surface area contributed by atoms with Gasteiger partial charge in [-0.15, -0.1) is 0 Å². The Morgan fingerprint density at radius 3 is 2.29 bits per heavy atom. The molecule has 0 aromatic carbocycles. The number of rotatable bonds is 8. The van der Waals surface area contributed by atoms with E-state index < -0.39 is 0 Å². The first-order chi connectivity index (χ1) is 13.0. The minimum atomic E-state index is 0.0119. The van der Waals surface area contributed by atoms with Crippen molar-refractivity contribution in [3.8, 4) is 0 Å². The maximum Gasteiger partial charge on any atom is 0.0394 e. The van der Waals surface area contributed by atoms with Gasteiger partial charge in [0.05, 0.1) is 0 Å². The first-order valence-corrected chi connectivity index (χ1v) is 11.6. The molecular weight excluding hydrogens is 340 g/mol. The van der Waals surface area contributed by atoms with Crippen LogP contribution in [0.1, 0.15) is 107 Å². The molecule has 1 fully saturated rings. The molecule has 1 saturated heterocycles. The number of nitrogens with zero attached hydrogens (tertiary/aromatic N) is 1. The third-order valence-electron chi connectivity index (χ3n) is 5.60. The van der Waals surface area contributed by atoms with E-state index in [1.165, 1.54) is 43.5 Å². The molecule has 1 aliphatic heterocycles. The van der Waals surface area contributed by atoms with Gasteiger partial charge < -0.3 is 5.32 Å². The van der Waals surface area contributed by atoms with Gasteiger partial charge in [0.1, 0.15) is 0 Å². The van der Waals surface area contributed by atoms with Crippen LogP contribution in [-0.2, 0) is 0 Å². The van der Waals surface area contributed by atoms with E-state index in [0.717, 1.165) is 32.4 Å². The van der Waals surface area contributed by atoms with E-state index in [0.29, 0.717) is 5.41 Å². The van der Waals surface area contributed by atoms with Gasteiger partial charge >= 0.3 is 0 Å². The van der Waals surface area contributed by atoms with Crippen molar-refractivity contribution in [3.63, 3.8) is 0 Å². The molecule has 0 spiro atoms. The van der Waals surface area contributed by atoms with Crippen LogP contribution in [0.3, 0.4) is 0 Å². The highest BCUT2D eigenvalue weighted by molar-refractivity contribution is 5.91. The lowest BCUT2D eigenvalue weighted by Gasteiger charge is -2.27. The molecule has 0 aromatic heterocycles. The van der Waals surface area contributed by atoms with Gasteiger partial charge in [0, 0.05) is 35.3 Å². The topological polar surface area (TPSA) is 24.4 Å². The second-order valence-electron chi connectivity index (χ2n) is 11.0. The first-order valence-electron chi connectivity index (χ1n) is 11.6. The van der Waals surface area contributed by atoms with Crippen molar-refractivity contribution in [3.05, 3.63) is 23.9 Å². The predicted molar refractivity (Wildman–Crippen MR) is 127 cm³/mol. The SMILES string of the molecule is CCCC(=NCCC(C)(C)C)C(C)(C)/C=C/C(C)(C)/C=C1\CCCCCCN1. The number of aliphatic imine (C=N–C) groups is 1. The van der Waals surface area contributed by atoms with E-state index in [1.807, 2.05) is 0 Å². The van der Waals surface area contributed by atoms with Crippen molar-refractivity contribution in [1.29, 1.82) is 0 Å². The molecule has 0 radical (unpaired) electrons. The van der Waals surface area contributed by atoms with Crippen LogP contribution in [0.4, 0.5) is 0 Å². The summed E-state index contributed by atoms with van der Waals surface area (Å²) in [5, 5.41) is 3.66. The molecule has 1 heterocycles. The average Bonchev–Trinajstić information content (AvgIpc) is 2.54. The Kier molecular flexibility index (Phi) is 10.0. The summed E-state index contributed by atoms with van der Waals surface area (Å²) in [6.07, 6.45) is 17.2. The second-order valence-corrected chi connectivity index (χ2v) is 11.0. The number of allylic oxidation sites excluding steroid dienone is 4. The van der Waals surface area contributed by atoms with Gasteiger partial charge in [-0.1, -0.05) is 92.9 Å². The minimum absolute atomic E-state index is 0.0119. The van der Waals surface area contributed by atoms with Gasteiger partial charge in [0.2, 0.25) is 0 Å². The Morgan fingerprint density at radius 1 is 0.964 bits per heavy atom. The highest BCUT2D eigenvalue weighted by Crippen LogP contribution is 2.29. The molecule has 0 aliphatic carbocycles. The molecule has 0 unspecified atom stereocenters. The summed E-state index contributed by atoms with van der Waals surface area (Å²) in [7, 11) is 0. The monoisotopic (exact) mass is 388 g/mol. The molecule has 2 nitrogen and oxygen atoms in total. The summed E-state index contributed by atoms with van der Waals surface area (Å²) >= 11 is 0. The summed E-state index contributed by atoms with van der Waals surface area (Å²) < 4.78 is 0. The van der Waals surface area contributed by atoms with Gasteiger partial charge in [0.15, 0.2) is 0 Å². The third-order valence-corrected chi connectivity index (χ3v) is 5.60. The zero-order valence-electron chi connectivity index (χ0n) is 20.3. The van der Waals surface area contributed by atoms with Gasteiger partial charge in [-0.05, 0) is 37.5 Å². The lowest BCUT2D eigenvalue weighted by atomic mass is 9.80. The average molecular weight is 389 g/mol. The Balaban J connectivity index is 2.88. The summed E-state index contributed by atoms with van der Waals surface area (Å²) in [5.74, 6) is 0. The van der Waals surface area contributed by atoms with Crippen molar-refractivity contribution < 1.29 is 0 Å². The van der Waals surface area contributed by atoms with Gasteiger partial charge in [0.25, 0.3) is 0 Å². The molecule has 0 atom stereocenters. The third kappa shape index (κ3) is 10.5. The molecule has 1 aliphatic rings. The summed E-state index contributed by atoms with van der Waals surface area (Å²) in [6, 6.07) is 0. The normalized spacial score (nSPS) is 19.6. The summed E-state index contributed by atoms with van der Waals surface area (Å²) in [5.41, 5.74) is 3.20. The Labute approximate surface area is 176 Å². The molecule has 1 rings (SSSR count). The molecule has 0 bridgehead atoms. The van der Waals surface area contributed by atoms with Gasteiger partial charge in [-0.25, -0.2) is 0 Å². The molecule has 2 heteroatoms. The van der Waals surface area contributed by atoms with Gasteiger partial charge in [-0.3, -0.25) is 4.99 Å². The van der Waals surface area contributed by atoms with E-state index in [1.54, 1.807) is 0 Å².